The van der Waals surface area contributed by atoms with Crippen molar-refractivity contribution in [3.8, 4) is 17.0 Å². The average Bonchev–Trinajstić information content (AvgIpc) is 2.43. The third-order valence-corrected chi connectivity index (χ3v) is 3.30. The molecule has 94 valence electrons. The van der Waals surface area contributed by atoms with Crippen molar-refractivity contribution >= 4 is 34.0 Å². The van der Waals surface area contributed by atoms with Gasteiger partial charge < -0.3 is 5.11 Å². The Bertz CT molecular complexity index is 760. The molecule has 2 heterocycles. The number of halogens is 2. The standard InChI is InChI=1S/C13H7Cl2N3O/c14-12-9-5-11(7-1-3-8(19)4-2-7)16-6-10(9)13(15)18-17-12/h1-6,19H. The van der Waals surface area contributed by atoms with Gasteiger partial charge in [-0.2, -0.15) is 0 Å². The largest absolute Gasteiger partial charge is 0.508 e. The number of fused-ring (bicyclic) bond motifs is 1. The Balaban J connectivity index is 2.21. The molecule has 0 bridgehead atoms. The van der Waals surface area contributed by atoms with Crippen LogP contribution in [-0.4, -0.2) is 20.3 Å². The normalized spacial score (nSPS) is 10.8. The number of benzene rings is 1. The monoisotopic (exact) mass is 291 g/mol. The van der Waals surface area contributed by atoms with Crippen LogP contribution in [0.5, 0.6) is 5.75 Å². The fraction of sp³-hybridized carbons (Fsp3) is 0. The van der Waals surface area contributed by atoms with E-state index in [1.165, 1.54) is 0 Å². The predicted octanol–water partition coefficient (Wildman–Crippen LogP) is 3.70. The lowest BCUT2D eigenvalue weighted by Crippen LogP contribution is -1.90. The Morgan fingerprint density at radius 1 is 0.895 bits per heavy atom. The van der Waals surface area contributed by atoms with Gasteiger partial charge in [0.1, 0.15) is 5.75 Å². The molecular weight excluding hydrogens is 285 g/mol. The summed E-state index contributed by atoms with van der Waals surface area (Å²) in [6.45, 7) is 0. The van der Waals surface area contributed by atoms with Crippen molar-refractivity contribution in [3.05, 3.63) is 46.8 Å². The molecule has 0 fully saturated rings. The number of phenols is 1. The van der Waals surface area contributed by atoms with Gasteiger partial charge in [0.05, 0.1) is 5.69 Å². The number of aromatic hydroxyl groups is 1. The van der Waals surface area contributed by atoms with Gasteiger partial charge in [0.2, 0.25) is 0 Å². The molecule has 0 unspecified atom stereocenters. The van der Waals surface area contributed by atoms with Crippen molar-refractivity contribution in [2.75, 3.05) is 0 Å². The Labute approximate surface area is 118 Å². The number of pyridine rings is 1. The summed E-state index contributed by atoms with van der Waals surface area (Å²) < 4.78 is 0. The summed E-state index contributed by atoms with van der Waals surface area (Å²) in [6.07, 6.45) is 1.61. The third kappa shape index (κ3) is 2.20. The van der Waals surface area contributed by atoms with Crippen molar-refractivity contribution in [1.82, 2.24) is 15.2 Å². The molecule has 3 rings (SSSR count). The van der Waals surface area contributed by atoms with E-state index < -0.39 is 0 Å². The summed E-state index contributed by atoms with van der Waals surface area (Å²) >= 11 is 12.0. The summed E-state index contributed by atoms with van der Waals surface area (Å²) in [7, 11) is 0. The number of hydrogen-bond acceptors (Lipinski definition) is 4. The molecular formula is C13H7Cl2N3O. The molecule has 4 nitrogen and oxygen atoms in total. The lowest BCUT2D eigenvalue weighted by Gasteiger charge is -2.05. The van der Waals surface area contributed by atoms with Crippen molar-refractivity contribution < 1.29 is 5.11 Å². The van der Waals surface area contributed by atoms with E-state index in [-0.39, 0.29) is 16.1 Å². The molecule has 0 aliphatic carbocycles. The van der Waals surface area contributed by atoms with Crippen molar-refractivity contribution in [3.63, 3.8) is 0 Å². The van der Waals surface area contributed by atoms with Crippen LogP contribution in [0, 0.1) is 0 Å². The summed E-state index contributed by atoms with van der Waals surface area (Å²) in [5.41, 5.74) is 1.59. The molecule has 19 heavy (non-hydrogen) atoms. The highest BCUT2D eigenvalue weighted by Crippen LogP contribution is 2.29. The van der Waals surface area contributed by atoms with Crippen LogP contribution in [0.2, 0.25) is 10.3 Å². The van der Waals surface area contributed by atoms with E-state index in [9.17, 15) is 5.11 Å². The number of rotatable bonds is 1. The third-order valence-electron chi connectivity index (χ3n) is 2.74. The van der Waals surface area contributed by atoms with Gasteiger partial charge in [0.25, 0.3) is 0 Å². The Morgan fingerprint density at radius 2 is 1.53 bits per heavy atom. The second kappa shape index (κ2) is 4.64. The van der Waals surface area contributed by atoms with Crippen LogP contribution < -0.4 is 0 Å². The van der Waals surface area contributed by atoms with E-state index in [1.54, 1.807) is 36.5 Å². The van der Waals surface area contributed by atoms with E-state index in [2.05, 4.69) is 15.2 Å². The second-order valence-electron chi connectivity index (χ2n) is 3.94. The van der Waals surface area contributed by atoms with Crippen molar-refractivity contribution in [2.45, 2.75) is 0 Å². The van der Waals surface area contributed by atoms with Gasteiger partial charge in [0, 0.05) is 22.5 Å². The second-order valence-corrected chi connectivity index (χ2v) is 4.66. The number of hydrogen-bond donors (Lipinski definition) is 1. The van der Waals surface area contributed by atoms with Crippen LogP contribution >= 0.6 is 23.2 Å². The minimum absolute atomic E-state index is 0.205. The molecule has 2 aromatic heterocycles. The zero-order valence-electron chi connectivity index (χ0n) is 9.51. The van der Waals surface area contributed by atoms with Crippen molar-refractivity contribution in [2.24, 2.45) is 0 Å². The first-order valence-corrected chi connectivity index (χ1v) is 6.17. The Kier molecular flexibility index (Phi) is 2.97. The van der Waals surface area contributed by atoms with Crippen LogP contribution in [-0.2, 0) is 0 Å². The summed E-state index contributed by atoms with van der Waals surface area (Å²) in [4.78, 5) is 4.32. The number of nitrogens with zero attached hydrogens (tertiary/aromatic N) is 3. The lowest BCUT2D eigenvalue weighted by atomic mass is 10.1. The summed E-state index contributed by atoms with van der Waals surface area (Å²) in [5, 5.41) is 18.7. The quantitative estimate of drug-likeness (QED) is 0.743. The fourth-order valence-electron chi connectivity index (χ4n) is 1.78. The van der Waals surface area contributed by atoms with E-state index >= 15 is 0 Å². The smallest absolute Gasteiger partial charge is 0.161 e. The summed E-state index contributed by atoms with van der Waals surface area (Å²) in [6, 6.07) is 8.53. The number of phenolic OH excluding ortho intramolecular Hbond substituents is 1. The molecule has 1 aromatic carbocycles. The molecule has 0 saturated heterocycles. The van der Waals surface area contributed by atoms with Crippen LogP contribution in [0.1, 0.15) is 0 Å². The van der Waals surface area contributed by atoms with Gasteiger partial charge in [-0.15, -0.1) is 10.2 Å². The maximum atomic E-state index is 9.28. The molecule has 3 aromatic rings. The van der Waals surface area contributed by atoms with E-state index in [1.807, 2.05) is 0 Å². The van der Waals surface area contributed by atoms with E-state index in [4.69, 9.17) is 23.2 Å². The molecule has 0 radical (unpaired) electrons. The first-order chi connectivity index (χ1) is 9.15. The fourth-order valence-corrected chi connectivity index (χ4v) is 2.16. The van der Waals surface area contributed by atoms with Crippen LogP contribution in [0.4, 0.5) is 0 Å². The van der Waals surface area contributed by atoms with Gasteiger partial charge in [-0.3, -0.25) is 4.98 Å². The summed E-state index contributed by atoms with van der Waals surface area (Å²) in [5.74, 6) is 0.205. The highest BCUT2D eigenvalue weighted by molar-refractivity contribution is 6.38. The first kappa shape index (κ1) is 12.1. The van der Waals surface area contributed by atoms with Gasteiger partial charge in [-0.05, 0) is 30.3 Å². The minimum atomic E-state index is 0.205. The Hall–Kier alpha value is -1.91. The van der Waals surface area contributed by atoms with Crippen LogP contribution in [0.25, 0.3) is 22.0 Å². The molecule has 0 amide bonds. The number of aromatic nitrogens is 3. The molecule has 1 N–H and O–H groups in total. The molecule has 6 heteroatoms. The average molecular weight is 292 g/mol. The van der Waals surface area contributed by atoms with Crippen LogP contribution in [0.15, 0.2) is 36.5 Å². The zero-order chi connectivity index (χ0) is 13.4. The van der Waals surface area contributed by atoms with Gasteiger partial charge in [-0.25, -0.2) is 0 Å². The molecule has 0 saturated carbocycles. The maximum absolute atomic E-state index is 9.28. The Morgan fingerprint density at radius 3 is 2.21 bits per heavy atom. The molecule has 0 atom stereocenters. The molecule has 0 aliphatic heterocycles. The van der Waals surface area contributed by atoms with E-state index in [0.717, 1.165) is 11.3 Å². The van der Waals surface area contributed by atoms with Crippen molar-refractivity contribution in [1.29, 1.82) is 0 Å². The van der Waals surface area contributed by atoms with Crippen LogP contribution in [0.3, 0.4) is 0 Å². The molecule has 0 aliphatic rings. The van der Waals surface area contributed by atoms with Gasteiger partial charge in [-0.1, -0.05) is 23.2 Å². The highest BCUT2D eigenvalue weighted by Gasteiger charge is 2.09. The highest BCUT2D eigenvalue weighted by atomic mass is 35.5. The first-order valence-electron chi connectivity index (χ1n) is 5.42. The van der Waals surface area contributed by atoms with Gasteiger partial charge >= 0.3 is 0 Å². The topological polar surface area (TPSA) is 58.9 Å². The molecule has 0 spiro atoms. The lowest BCUT2D eigenvalue weighted by molar-refractivity contribution is 0.475. The zero-order valence-corrected chi connectivity index (χ0v) is 11.0. The maximum Gasteiger partial charge on any atom is 0.161 e. The SMILES string of the molecule is Oc1ccc(-c2cc3c(Cl)nnc(Cl)c3cn2)cc1. The van der Waals surface area contributed by atoms with E-state index in [0.29, 0.717) is 10.8 Å². The predicted molar refractivity (Wildman–Crippen MR) is 74.5 cm³/mol. The minimum Gasteiger partial charge on any atom is -0.508 e. The van der Waals surface area contributed by atoms with Gasteiger partial charge in [0.15, 0.2) is 10.3 Å².